The van der Waals surface area contributed by atoms with Crippen molar-refractivity contribution >= 4 is 11.6 Å². The van der Waals surface area contributed by atoms with Crippen LogP contribution in [0.4, 0.5) is 0 Å². The average Bonchev–Trinajstić information content (AvgIpc) is 2.49. The molecule has 21 heavy (non-hydrogen) atoms. The summed E-state index contributed by atoms with van der Waals surface area (Å²) >= 11 is 5.83. The molecular weight excluding hydrogens is 288 g/mol. The highest BCUT2D eigenvalue weighted by atomic mass is 35.5. The molecule has 2 N–H and O–H groups in total. The van der Waals surface area contributed by atoms with Gasteiger partial charge in [-0.15, -0.1) is 0 Å². The number of nitrogens with zero attached hydrogens (tertiary/aromatic N) is 1. The molecule has 1 heterocycles. The Bertz CT molecular complexity index is 405. The van der Waals surface area contributed by atoms with Gasteiger partial charge in [0.05, 0.1) is 19.3 Å². The van der Waals surface area contributed by atoms with Crippen LogP contribution in [-0.2, 0) is 11.3 Å². The predicted octanol–water partition coefficient (Wildman–Crippen LogP) is 1.90. The van der Waals surface area contributed by atoms with Crippen molar-refractivity contribution in [2.75, 3.05) is 33.3 Å². The molecule has 5 heteroatoms. The van der Waals surface area contributed by atoms with E-state index in [0.717, 1.165) is 36.5 Å². The monoisotopic (exact) mass is 312 g/mol. The fourth-order valence-electron chi connectivity index (χ4n) is 2.47. The highest BCUT2D eigenvalue weighted by Gasteiger charge is 2.17. The number of piperidine rings is 1. The van der Waals surface area contributed by atoms with Gasteiger partial charge in [0.15, 0.2) is 0 Å². The zero-order chi connectivity index (χ0) is 15.1. The first-order valence-corrected chi connectivity index (χ1v) is 7.93. The minimum atomic E-state index is -0.461. The van der Waals surface area contributed by atoms with Gasteiger partial charge in [0.1, 0.15) is 0 Å². The van der Waals surface area contributed by atoms with Gasteiger partial charge in [-0.2, -0.15) is 0 Å². The SMILES string of the molecule is CN1CCC(NCC(O)COCc2ccc(Cl)cc2)CC1. The lowest BCUT2D eigenvalue weighted by Gasteiger charge is -2.30. The fraction of sp³-hybridized carbons (Fsp3) is 0.625. The zero-order valence-electron chi connectivity index (χ0n) is 12.6. The molecule has 0 spiro atoms. The Hall–Kier alpha value is -0.650. The van der Waals surface area contributed by atoms with Gasteiger partial charge in [-0.25, -0.2) is 0 Å². The number of likely N-dealkylation sites (tertiary alicyclic amines) is 1. The number of hydrogen-bond acceptors (Lipinski definition) is 4. The summed E-state index contributed by atoms with van der Waals surface area (Å²) in [6.45, 7) is 3.70. The average molecular weight is 313 g/mol. The zero-order valence-corrected chi connectivity index (χ0v) is 13.4. The molecule has 0 aromatic heterocycles. The minimum Gasteiger partial charge on any atom is -0.389 e. The fourth-order valence-corrected chi connectivity index (χ4v) is 2.59. The number of benzene rings is 1. The highest BCUT2D eigenvalue weighted by molar-refractivity contribution is 6.30. The van der Waals surface area contributed by atoms with Gasteiger partial charge in [0.25, 0.3) is 0 Å². The van der Waals surface area contributed by atoms with E-state index >= 15 is 0 Å². The molecule has 1 aromatic carbocycles. The Morgan fingerprint density at radius 3 is 2.67 bits per heavy atom. The molecule has 118 valence electrons. The van der Waals surface area contributed by atoms with Crippen LogP contribution in [0.3, 0.4) is 0 Å². The molecule has 1 aliphatic heterocycles. The third-order valence-electron chi connectivity index (χ3n) is 3.85. The molecule has 4 nitrogen and oxygen atoms in total. The first-order chi connectivity index (χ1) is 10.1. The van der Waals surface area contributed by atoms with E-state index in [9.17, 15) is 5.11 Å². The molecule has 1 unspecified atom stereocenters. The van der Waals surface area contributed by atoms with Crippen LogP contribution in [0.1, 0.15) is 18.4 Å². The largest absolute Gasteiger partial charge is 0.389 e. The third-order valence-corrected chi connectivity index (χ3v) is 4.10. The summed E-state index contributed by atoms with van der Waals surface area (Å²) in [4.78, 5) is 2.34. The van der Waals surface area contributed by atoms with E-state index in [4.69, 9.17) is 16.3 Å². The molecule has 0 bridgehead atoms. The Labute approximate surface area is 132 Å². The smallest absolute Gasteiger partial charge is 0.0897 e. The maximum Gasteiger partial charge on any atom is 0.0897 e. The predicted molar refractivity (Wildman–Crippen MR) is 85.6 cm³/mol. The van der Waals surface area contributed by atoms with Crippen molar-refractivity contribution in [3.63, 3.8) is 0 Å². The van der Waals surface area contributed by atoms with Crippen molar-refractivity contribution in [3.05, 3.63) is 34.9 Å². The second kappa shape index (κ2) is 8.71. The number of halogens is 1. The van der Waals surface area contributed by atoms with Crippen molar-refractivity contribution in [1.82, 2.24) is 10.2 Å². The van der Waals surface area contributed by atoms with Gasteiger partial charge >= 0.3 is 0 Å². The lowest BCUT2D eigenvalue weighted by molar-refractivity contribution is 0.0265. The standard InChI is InChI=1S/C16H25ClN2O2/c1-19-8-6-15(7-9-19)18-10-16(20)12-21-11-13-2-4-14(17)5-3-13/h2-5,15-16,18,20H,6-12H2,1H3. The normalized spacial score (nSPS) is 18.8. The minimum absolute atomic E-state index is 0.349. The summed E-state index contributed by atoms with van der Waals surface area (Å²) in [6.07, 6.45) is 1.83. The maximum atomic E-state index is 9.93. The number of rotatable bonds is 7. The van der Waals surface area contributed by atoms with Crippen LogP contribution in [0, 0.1) is 0 Å². The van der Waals surface area contributed by atoms with Gasteiger partial charge in [-0.05, 0) is 50.7 Å². The number of hydrogen-bond donors (Lipinski definition) is 2. The lowest BCUT2D eigenvalue weighted by atomic mass is 10.1. The van der Waals surface area contributed by atoms with E-state index in [1.807, 2.05) is 24.3 Å². The number of aliphatic hydroxyl groups excluding tert-OH is 1. The molecule has 0 radical (unpaired) electrons. The second-order valence-electron chi connectivity index (χ2n) is 5.78. The van der Waals surface area contributed by atoms with Gasteiger partial charge in [-0.1, -0.05) is 23.7 Å². The molecule has 2 rings (SSSR count). The molecule has 1 aliphatic rings. The van der Waals surface area contributed by atoms with Gasteiger partial charge in [0, 0.05) is 17.6 Å². The molecule has 1 atom stereocenters. The number of nitrogens with one attached hydrogen (secondary N) is 1. The molecule has 0 aliphatic carbocycles. The molecule has 0 saturated carbocycles. The third kappa shape index (κ3) is 6.32. The van der Waals surface area contributed by atoms with Crippen LogP contribution in [0.2, 0.25) is 5.02 Å². The van der Waals surface area contributed by atoms with E-state index in [1.54, 1.807) is 0 Å². The van der Waals surface area contributed by atoms with Crippen LogP contribution in [-0.4, -0.2) is 55.4 Å². The molecule has 1 fully saturated rings. The van der Waals surface area contributed by atoms with Crippen LogP contribution in [0.5, 0.6) is 0 Å². The summed E-state index contributed by atoms with van der Waals surface area (Å²) in [5.74, 6) is 0. The van der Waals surface area contributed by atoms with Crippen molar-refractivity contribution in [1.29, 1.82) is 0 Å². The van der Waals surface area contributed by atoms with Crippen molar-refractivity contribution < 1.29 is 9.84 Å². The first-order valence-electron chi connectivity index (χ1n) is 7.55. The Morgan fingerprint density at radius 1 is 1.33 bits per heavy atom. The Balaban J connectivity index is 1.57. The van der Waals surface area contributed by atoms with Gasteiger partial charge < -0.3 is 20.1 Å². The van der Waals surface area contributed by atoms with Crippen molar-refractivity contribution in [2.45, 2.75) is 31.6 Å². The first kappa shape index (κ1) is 16.7. The second-order valence-corrected chi connectivity index (χ2v) is 6.22. The van der Waals surface area contributed by atoms with E-state index < -0.39 is 6.10 Å². The van der Waals surface area contributed by atoms with E-state index in [1.165, 1.54) is 0 Å². The number of ether oxygens (including phenoxy) is 1. The number of aliphatic hydroxyl groups is 1. The lowest BCUT2D eigenvalue weighted by Crippen LogP contribution is -2.44. The van der Waals surface area contributed by atoms with Gasteiger partial charge in [-0.3, -0.25) is 0 Å². The van der Waals surface area contributed by atoms with E-state index in [2.05, 4.69) is 17.3 Å². The van der Waals surface area contributed by atoms with Crippen molar-refractivity contribution in [3.8, 4) is 0 Å². The van der Waals surface area contributed by atoms with Crippen molar-refractivity contribution in [2.24, 2.45) is 0 Å². The Kier molecular flexibility index (Phi) is 6.93. The van der Waals surface area contributed by atoms with Crippen LogP contribution in [0.25, 0.3) is 0 Å². The topological polar surface area (TPSA) is 44.7 Å². The highest BCUT2D eigenvalue weighted by Crippen LogP contribution is 2.10. The summed E-state index contributed by atoms with van der Waals surface area (Å²) < 4.78 is 5.54. The maximum absolute atomic E-state index is 9.93. The van der Waals surface area contributed by atoms with Crippen LogP contribution < -0.4 is 5.32 Å². The summed E-state index contributed by atoms with van der Waals surface area (Å²) in [5.41, 5.74) is 1.06. The summed E-state index contributed by atoms with van der Waals surface area (Å²) in [7, 11) is 2.15. The van der Waals surface area contributed by atoms with Gasteiger partial charge in [0.2, 0.25) is 0 Å². The molecule has 0 amide bonds. The van der Waals surface area contributed by atoms with Crippen LogP contribution in [0.15, 0.2) is 24.3 Å². The quantitative estimate of drug-likeness (QED) is 0.807. The molecule has 1 saturated heterocycles. The van der Waals surface area contributed by atoms with Crippen LogP contribution >= 0.6 is 11.6 Å². The summed E-state index contributed by atoms with van der Waals surface area (Å²) in [6, 6.07) is 8.08. The molecular formula is C16H25ClN2O2. The van der Waals surface area contributed by atoms with E-state index in [-0.39, 0.29) is 0 Å². The Morgan fingerprint density at radius 2 is 2.00 bits per heavy atom. The van der Waals surface area contributed by atoms with E-state index in [0.29, 0.717) is 25.8 Å². The summed E-state index contributed by atoms with van der Waals surface area (Å²) in [5, 5.41) is 14.1. The molecule has 1 aromatic rings.